The Bertz CT molecular complexity index is 1010. The third-order valence-electron chi connectivity index (χ3n) is 5.09. The molecule has 0 atom stereocenters. The zero-order valence-corrected chi connectivity index (χ0v) is 18.1. The van der Waals surface area contributed by atoms with Crippen LogP contribution >= 0.6 is 0 Å². The van der Waals surface area contributed by atoms with Crippen molar-refractivity contribution in [1.82, 2.24) is 4.31 Å². The third kappa shape index (κ3) is 6.54. The molecule has 1 saturated heterocycles. The van der Waals surface area contributed by atoms with Gasteiger partial charge in [0.1, 0.15) is 19.0 Å². The van der Waals surface area contributed by atoms with Gasteiger partial charge in [0.15, 0.2) is 0 Å². The van der Waals surface area contributed by atoms with Gasteiger partial charge in [-0.25, -0.2) is 8.42 Å². The van der Waals surface area contributed by atoms with Crippen molar-refractivity contribution < 1.29 is 22.7 Å². The first-order valence-electron chi connectivity index (χ1n) is 10.4. The summed E-state index contributed by atoms with van der Waals surface area (Å²) in [6.45, 7) is 1.50. The number of hydrogen-bond acceptors (Lipinski definition) is 6. The summed E-state index contributed by atoms with van der Waals surface area (Å²) in [5.74, 6) is 0.267. The van der Waals surface area contributed by atoms with Gasteiger partial charge >= 0.3 is 5.97 Å². The second-order valence-electron chi connectivity index (χ2n) is 7.31. The van der Waals surface area contributed by atoms with Crippen LogP contribution in [0.25, 0.3) is 0 Å². The molecule has 0 unspecified atom stereocenters. The molecule has 7 nitrogen and oxygen atoms in total. The number of benzene rings is 2. The highest BCUT2D eigenvalue weighted by Crippen LogP contribution is 2.21. The molecule has 0 radical (unpaired) electrons. The molecule has 0 bridgehead atoms. The summed E-state index contributed by atoms with van der Waals surface area (Å²) in [7, 11) is -3.44. The van der Waals surface area contributed by atoms with Gasteiger partial charge in [0, 0.05) is 19.5 Å². The van der Waals surface area contributed by atoms with Gasteiger partial charge in [-0.1, -0.05) is 18.6 Å². The van der Waals surface area contributed by atoms with E-state index in [0.717, 1.165) is 24.8 Å². The highest BCUT2D eigenvalue weighted by atomic mass is 32.2. The molecule has 0 aliphatic carbocycles. The Morgan fingerprint density at radius 3 is 2.29 bits per heavy atom. The predicted octanol–water partition coefficient (Wildman–Crippen LogP) is 3.29. The Labute approximate surface area is 183 Å². The van der Waals surface area contributed by atoms with E-state index < -0.39 is 10.0 Å². The maximum Gasteiger partial charge on any atom is 0.306 e. The molecular formula is C23H26N2O5S. The van der Waals surface area contributed by atoms with E-state index in [4.69, 9.17) is 14.7 Å². The number of nitrogens with zero attached hydrogens (tertiary/aromatic N) is 2. The Balaban J connectivity index is 1.39. The number of piperidine rings is 1. The predicted molar refractivity (Wildman–Crippen MR) is 115 cm³/mol. The highest BCUT2D eigenvalue weighted by molar-refractivity contribution is 7.89. The van der Waals surface area contributed by atoms with Crippen LogP contribution < -0.4 is 4.74 Å². The normalized spacial score (nSPS) is 14.5. The Hall–Kier alpha value is -2.89. The van der Waals surface area contributed by atoms with Crippen LogP contribution in [-0.4, -0.2) is 45.0 Å². The summed E-state index contributed by atoms with van der Waals surface area (Å²) in [4.78, 5) is 12.2. The monoisotopic (exact) mass is 442 g/mol. The molecule has 31 heavy (non-hydrogen) atoms. The summed E-state index contributed by atoms with van der Waals surface area (Å²) in [6, 6.07) is 15.4. The number of sulfonamides is 1. The fourth-order valence-electron chi connectivity index (χ4n) is 3.34. The minimum absolute atomic E-state index is 0.131. The van der Waals surface area contributed by atoms with Crippen LogP contribution in [0.1, 0.15) is 36.8 Å². The molecule has 0 amide bonds. The van der Waals surface area contributed by atoms with Gasteiger partial charge in [0.25, 0.3) is 0 Å². The first-order valence-corrected chi connectivity index (χ1v) is 11.8. The van der Waals surface area contributed by atoms with Crippen LogP contribution in [0.5, 0.6) is 5.75 Å². The minimum atomic E-state index is -3.44. The van der Waals surface area contributed by atoms with E-state index in [1.807, 2.05) is 6.07 Å². The Morgan fingerprint density at radius 2 is 1.65 bits per heavy atom. The molecule has 1 fully saturated rings. The first kappa shape index (κ1) is 22.8. The maximum atomic E-state index is 12.7. The number of esters is 1. The molecule has 0 saturated carbocycles. The van der Waals surface area contributed by atoms with Crippen LogP contribution in [0, 0.1) is 11.3 Å². The standard InChI is InChI=1S/C23H26N2O5S/c24-18-20-4-9-21(10-5-20)29-16-17-30-23(26)13-8-19-6-11-22(12-7-19)31(27,28)25-14-2-1-3-15-25/h4-7,9-12H,1-3,8,13-17H2. The Morgan fingerprint density at radius 1 is 0.968 bits per heavy atom. The maximum absolute atomic E-state index is 12.7. The Kier molecular flexibility index (Phi) is 8.04. The summed E-state index contributed by atoms with van der Waals surface area (Å²) in [5.41, 5.74) is 1.43. The van der Waals surface area contributed by atoms with Crippen molar-refractivity contribution in [2.45, 2.75) is 37.0 Å². The molecular weight excluding hydrogens is 416 g/mol. The topological polar surface area (TPSA) is 96.7 Å². The van der Waals surface area contributed by atoms with Gasteiger partial charge in [-0.2, -0.15) is 9.57 Å². The van der Waals surface area contributed by atoms with Crippen LogP contribution in [0.4, 0.5) is 0 Å². The van der Waals surface area contributed by atoms with Gasteiger partial charge in [-0.05, 0) is 61.2 Å². The summed E-state index contributed by atoms with van der Waals surface area (Å²) < 4.78 is 37.5. The van der Waals surface area contributed by atoms with Crippen LogP contribution in [0.2, 0.25) is 0 Å². The average Bonchev–Trinajstić information content (AvgIpc) is 2.81. The lowest BCUT2D eigenvalue weighted by molar-refractivity contribution is -0.144. The van der Waals surface area contributed by atoms with E-state index in [1.165, 1.54) is 0 Å². The molecule has 0 aromatic heterocycles. The smallest absolute Gasteiger partial charge is 0.306 e. The van der Waals surface area contributed by atoms with E-state index in [2.05, 4.69) is 0 Å². The fraction of sp³-hybridized carbons (Fsp3) is 0.391. The van der Waals surface area contributed by atoms with Crippen molar-refractivity contribution in [2.75, 3.05) is 26.3 Å². The lowest BCUT2D eigenvalue weighted by atomic mass is 10.1. The number of carbonyl (C=O) groups is 1. The molecule has 0 spiro atoms. The second kappa shape index (κ2) is 10.9. The fourth-order valence-corrected chi connectivity index (χ4v) is 4.86. The number of nitriles is 1. The SMILES string of the molecule is N#Cc1ccc(OCCOC(=O)CCc2ccc(S(=O)(=O)N3CCCCC3)cc2)cc1. The van der Waals surface area contributed by atoms with Gasteiger partial charge in [-0.3, -0.25) is 4.79 Å². The number of aryl methyl sites for hydroxylation is 1. The number of ether oxygens (including phenoxy) is 2. The number of hydrogen-bond donors (Lipinski definition) is 0. The van der Waals surface area contributed by atoms with Crippen molar-refractivity contribution in [3.05, 3.63) is 59.7 Å². The molecule has 2 aromatic rings. The summed E-state index contributed by atoms with van der Waals surface area (Å²) in [5, 5.41) is 8.76. The second-order valence-corrected chi connectivity index (χ2v) is 9.25. The lowest BCUT2D eigenvalue weighted by Crippen LogP contribution is -2.35. The van der Waals surface area contributed by atoms with Crippen LogP contribution in [0.3, 0.4) is 0 Å². The molecule has 164 valence electrons. The van der Waals surface area contributed by atoms with Crippen molar-refractivity contribution >= 4 is 16.0 Å². The van der Waals surface area contributed by atoms with Crippen molar-refractivity contribution in [2.24, 2.45) is 0 Å². The summed E-state index contributed by atoms with van der Waals surface area (Å²) in [6.07, 6.45) is 3.55. The van der Waals surface area contributed by atoms with Crippen molar-refractivity contribution in [3.63, 3.8) is 0 Å². The molecule has 0 N–H and O–H groups in total. The molecule has 1 aliphatic heterocycles. The van der Waals surface area contributed by atoms with Crippen molar-refractivity contribution in [1.29, 1.82) is 5.26 Å². The summed E-state index contributed by atoms with van der Waals surface area (Å²) >= 11 is 0. The molecule has 1 aliphatic rings. The zero-order chi connectivity index (χ0) is 22.1. The number of carbonyl (C=O) groups excluding carboxylic acids is 1. The largest absolute Gasteiger partial charge is 0.490 e. The van der Waals surface area contributed by atoms with E-state index in [0.29, 0.717) is 35.7 Å². The van der Waals surface area contributed by atoms with E-state index in [9.17, 15) is 13.2 Å². The van der Waals surface area contributed by atoms with Gasteiger partial charge in [0.2, 0.25) is 10.0 Å². The quantitative estimate of drug-likeness (QED) is 0.437. The van der Waals surface area contributed by atoms with E-state index in [-0.39, 0.29) is 25.6 Å². The van der Waals surface area contributed by atoms with E-state index >= 15 is 0 Å². The third-order valence-corrected chi connectivity index (χ3v) is 7.01. The van der Waals surface area contributed by atoms with Gasteiger partial charge in [-0.15, -0.1) is 0 Å². The van der Waals surface area contributed by atoms with Gasteiger partial charge in [0.05, 0.1) is 16.5 Å². The molecule has 1 heterocycles. The van der Waals surface area contributed by atoms with Crippen molar-refractivity contribution in [3.8, 4) is 11.8 Å². The lowest BCUT2D eigenvalue weighted by Gasteiger charge is -2.25. The number of rotatable bonds is 9. The minimum Gasteiger partial charge on any atom is -0.490 e. The average molecular weight is 443 g/mol. The molecule has 3 rings (SSSR count). The zero-order valence-electron chi connectivity index (χ0n) is 17.3. The van der Waals surface area contributed by atoms with Crippen LogP contribution in [0.15, 0.2) is 53.4 Å². The highest BCUT2D eigenvalue weighted by Gasteiger charge is 2.25. The molecule has 8 heteroatoms. The van der Waals surface area contributed by atoms with Crippen LogP contribution in [-0.2, 0) is 26.0 Å². The molecule has 2 aromatic carbocycles. The van der Waals surface area contributed by atoms with E-state index in [1.54, 1.807) is 52.8 Å². The first-order chi connectivity index (χ1) is 15.0. The van der Waals surface area contributed by atoms with Gasteiger partial charge < -0.3 is 9.47 Å².